The number of urea groups is 1. The minimum Gasteiger partial charge on any atom is -0.393 e. The predicted octanol–water partition coefficient (Wildman–Crippen LogP) is 2.93. The largest absolute Gasteiger partial charge is 0.393 e. The number of fused-ring (bicyclic) bond motifs is 1. The number of hydrogen-bond acceptors (Lipinski definition) is 3. The van der Waals surface area contributed by atoms with Crippen LogP contribution in [0.4, 0.5) is 4.79 Å². The summed E-state index contributed by atoms with van der Waals surface area (Å²) in [5.41, 5.74) is 1.99. The van der Waals surface area contributed by atoms with Gasteiger partial charge in [0.15, 0.2) is 0 Å². The van der Waals surface area contributed by atoms with Crippen LogP contribution in [0, 0.1) is 5.92 Å². The zero-order chi connectivity index (χ0) is 16.9. The Bertz CT molecular complexity index is 699. The Kier molecular flexibility index (Phi) is 5.30. The van der Waals surface area contributed by atoms with E-state index in [4.69, 9.17) is 0 Å². The lowest BCUT2D eigenvalue weighted by molar-refractivity contribution is 0.0565. The summed E-state index contributed by atoms with van der Waals surface area (Å²) in [7, 11) is 1.79. The van der Waals surface area contributed by atoms with Crippen molar-refractivity contribution in [1.82, 2.24) is 15.2 Å². The van der Waals surface area contributed by atoms with Crippen LogP contribution in [-0.4, -0.2) is 40.7 Å². The molecule has 5 heteroatoms. The van der Waals surface area contributed by atoms with Crippen LogP contribution in [-0.2, 0) is 6.54 Å². The zero-order valence-corrected chi connectivity index (χ0v) is 14.1. The maximum atomic E-state index is 12.4. The molecular weight excluding hydrogens is 302 g/mol. The fourth-order valence-corrected chi connectivity index (χ4v) is 3.45. The van der Waals surface area contributed by atoms with Crippen LogP contribution >= 0.6 is 0 Å². The third-order valence-corrected chi connectivity index (χ3v) is 4.89. The van der Waals surface area contributed by atoms with Crippen molar-refractivity contribution < 1.29 is 9.90 Å². The van der Waals surface area contributed by atoms with Gasteiger partial charge in [-0.3, -0.25) is 4.98 Å². The number of aliphatic hydroxyl groups excluding tert-OH is 1. The van der Waals surface area contributed by atoms with Gasteiger partial charge in [-0.05, 0) is 30.5 Å². The summed E-state index contributed by atoms with van der Waals surface area (Å²) in [6.07, 6.45) is 5.56. The lowest BCUT2D eigenvalue weighted by atomic mass is 9.86. The van der Waals surface area contributed by atoms with Crippen molar-refractivity contribution in [2.24, 2.45) is 5.92 Å². The van der Waals surface area contributed by atoms with E-state index in [0.717, 1.165) is 42.1 Å². The second-order valence-corrected chi connectivity index (χ2v) is 6.64. The van der Waals surface area contributed by atoms with E-state index in [2.05, 4.69) is 10.3 Å². The van der Waals surface area contributed by atoms with Crippen LogP contribution in [0.15, 0.2) is 36.5 Å². The average molecular weight is 327 g/mol. The number of pyridine rings is 1. The van der Waals surface area contributed by atoms with Crippen molar-refractivity contribution in [3.63, 3.8) is 0 Å². The highest BCUT2D eigenvalue weighted by atomic mass is 16.3. The van der Waals surface area contributed by atoms with Crippen LogP contribution in [0.25, 0.3) is 10.9 Å². The molecule has 1 aromatic heterocycles. The first-order valence-electron chi connectivity index (χ1n) is 8.65. The monoisotopic (exact) mass is 327 g/mol. The molecule has 1 aliphatic carbocycles. The number of rotatable bonds is 4. The molecule has 0 unspecified atom stereocenters. The number of nitrogens with zero attached hydrogens (tertiary/aromatic N) is 2. The second-order valence-electron chi connectivity index (χ2n) is 6.64. The number of aliphatic hydroxyl groups is 1. The molecule has 2 atom stereocenters. The van der Waals surface area contributed by atoms with Crippen LogP contribution in [0.1, 0.15) is 31.2 Å². The Morgan fingerprint density at radius 1 is 1.29 bits per heavy atom. The van der Waals surface area contributed by atoms with E-state index in [1.807, 2.05) is 30.3 Å². The van der Waals surface area contributed by atoms with E-state index >= 15 is 0 Å². The number of aromatic nitrogens is 1. The second kappa shape index (κ2) is 7.62. The number of hydrogen-bond donors (Lipinski definition) is 2. The van der Waals surface area contributed by atoms with E-state index in [9.17, 15) is 9.90 Å². The van der Waals surface area contributed by atoms with Crippen molar-refractivity contribution in [3.05, 3.63) is 42.1 Å². The molecule has 1 aromatic carbocycles. The van der Waals surface area contributed by atoms with Crippen molar-refractivity contribution in [2.75, 3.05) is 13.6 Å². The highest BCUT2D eigenvalue weighted by molar-refractivity contribution is 5.82. The number of nitrogens with one attached hydrogen (secondary N) is 1. The SMILES string of the molecule is CN(C[C@H]1CCCC[C@@H]1O)C(=O)NCc1ccnc2ccccc12. The van der Waals surface area contributed by atoms with Crippen LogP contribution in [0.5, 0.6) is 0 Å². The normalized spacial score (nSPS) is 20.8. The molecule has 0 spiro atoms. The van der Waals surface area contributed by atoms with E-state index in [0.29, 0.717) is 13.1 Å². The van der Waals surface area contributed by atoms with E-state index < -0.39 is 0 Å². The molecule has 0 aliphatic heterocycles. The van der Waals surface area contributed by atoms with Gasteiger partial charge < -0.3 is 15.3 Å². The van der Waals surface area contributed by atoms with Gasteiger partial charge in [0.2, 0.25) is 0 Å². The fraction of sp³-hybridized carbons (Fsp3) is 0.474. The minimum absolute atomic E-state index is 0.103. The molecule has 1 fully saturated rings. The van der Waals surface area contributed by atoms with Crippen molar-refractivity contribution >= 4 is 16.9 Å². The summed E-state index contributed by atoms with van der Waals surface area (Å²) < 4.78 is 0. The van der Waals surface area contributed by atoms with Crippen molar-refractivity contribution in [2.45, 2.75) is 38.3 Å². The lowest BCUT2D eigenvalue weighted by Gasteiger charge is -2.31. The number of carbonyl (C=O) groups is 1. The summed E-state index contributed by atoms with van der Waals surface area (Å²) in [6.45, 7) is 1.07. The summed E-state index contributed by atoms with van der Waals surface area (Å²) in [4.78, 5) is 18.4. The third-order valence-electron chi connectivity index (χ3n) is 4.89. The number of carbonyl (C=O) groups excluding carboxylic acids is 1. The molecule has 1 aliphatic rings. The smallest absolute Gasteiger partial charge is 0.317 e. The van der Waals surface area contributed by atoms with Gasteiger partial charge in [0.25, 0.3) is 0 Å². The molecule has 128 valence electrons. The molecule has 2 N–H and O–H groups in total. The van der Waals surface area contributed by atoms with Crippen molar-refractivity contribution in [3.8, 4) is 0 Å². The average Bonchev–Trinajstić information content (AvgIpc) is 2.61. The van der Waals surface area contributed by atoms with Crippen LogP contribution in [0.3, 0.4) is 0 Å². The van der Waals surface area contributed by atoms with Gasteiger partial charge in [-0.15, -0.1) is 0 Å². The first-order valence-corrected chi connectivity index (χ1v) is 8.65. The Morgan fingerprint density at radius 2 is 2.08 bits per heavy atom. The fourth-order valence-electron chi connectivity index (χ4n) is 3.45. The maximum absolute atomic E-state index is 12.4. The van der Waals surface area contributed by atoms with Gasteiger partial charge in [-0.1, -0.05) is 31.0 Å². The molecule has 24 heavy (non-hydrogen) atoms. The lowest BCUT2D eigenvalue weighted by Crippen LogP contribution is -2.42. The van der Waals surface area contributed by atoms with Crippen LogP contribution in [0.2, 0.25) is 0 Å². The van der Waals surface area contributed by atoms with Gasteiger partial charge in [0.05, 0.1) is 11.6 Å². The van der Waals surface area contributed by atoms with E-state index in [1.54, 1.807) is 18.1 Å². The summed E-state index contributed by atoms with van der Waals surface area (Å²) in [5.74, 6) is 0.191. The number of benzene rings is 1. The first-order chi connectivity index (χ1) is 11.6. The topological polar surface area (TPSA) is 65.5 Å². The molecule has 5 nitrogen and oxygen atoms in total. The first kappa shape index (κ1) is 16.7. The number of para-hydroxylation sites is 1. The molecular formula is C19H25N3O2. The summed E-state index contributed by atoms with van der Waals surface area (Å²) in [6, 6.07) is 9.76. The van der Waals surface area contributed by atoms with Gasteiger partial charge in [0, 0.05) is 37.6 Å². The van der Waals surface area contributed by atoms with E-state index in [1.165, 1.54) is 0 Å². The molecule has 2 amide bonds. The Morgan fingerprint density at radius 3 is 2.92 bits per heavy atom. The minimum atomic E-state index is -0.279. The van der Waals surface area contributed by atoms with E-state index in [-0.39, 0.29) is 18.1 Å². The molecule has 2 aromatic rings. The zero-order valence-electron chi connectivity index (χ0n) is 14.1. The molecule has 0 bridgehead atoms. The molecule has 3 rings (SSSR count). The number of amides is 2. The third kappa shape index (κ3) is 3.85. The van der Waals surface area contributed by atoms with Gasteiger partial charge in [0.1, 0.15) is 0 Å². The Labute approximate surface area is 142 Å². The van der Waals surface area contributed by atoms with Crippen molar-refractivity contribution in [1.29, 1.82) is 0 Å². The highest BCUT2D eigenvalue weighted by Crippen LogP contribution is 2.25. The van der Waals surface area contributed by atoms with Gasteiger partial charge in [-0.2, -0.15) is 0 Å². The molecule has 1 heterocycles. The van der Waals surface area contributed by atoms with Gasteiger partial charge >= 0.3 is 6.03 Å². The summed E-state index contributed by atoms with van der Waals surface area (Å²) in [5, 5.41) is 14.1. The quantitative estimate of drug-likeness (QED) is 0.907. The predicted molar refractivity (Wildman–Crippen MR) is 94.6 cm³/mol. The Balaban J connectivity index is 1.58. The standard InChI is InChI=1S/C19H25N3O2/c1-22(13-15-6-2-5-9-18(15)23)19(24)21-12-14-10-11-20-17-8-4-3-7-16(14)17/h3-4,7-8,10-11,15,18,23H,2,5-6,9,12-13H2,1H3,(H,21,24)/t15-,18+/m1/s1. The maximum Gasteiger partial charge on any atom is 0.317 e. The Hall–Kier alpha value is -2.14. The molecule has 1 saturated carbocycles. The van der Waals surface area contributed by atoms with Gasteiger partial charge in [-0.25, -0.2) is 4.79 Å². The highest BCUT2D eigenvalue weighted by Gasteiger charge is 2.25. The van der Waals surface area contributed by atoms with Crippen LogP contribution < -0.4 is 5.32 Å². The summed E-state index contributed by atoms with van der Waals surface area (Å²) >= 11 is 0. The molecule has 0 saturated heterocycles. The molecule has 0 radical (unpaired) electrons.